The summed E-state index contributed by atoms with van der Waals surface area (Å²) < 4.78 is 5.55. The molecule has 0 bridgehead atoms. The second-order valence-corrected chi connectivity index (χ2v) is 10.8. The quantitative estimate of drug-likeness (QED) is 0.226. The number of rotatable bonds is 9. The maximum Gasteiger partial charge on any atom is 0.311 e. The number of hydrogen-bond acceptors (Lipinski definition) is 7. The number of amides is 2. The molecule has 0 aliphatic carbocycles. The van der Waals surface area contributed by atoms with E-state index in [0.29, 0.717) is 31.6 Å². The Bertz CT molecular complexity index is 1260. The molecule has 1 aromatic rings. The van der Waals surface area contributed by atoms with E-state index in [1.807, 2.05) is 51.1 Å². The molecule has 0 atom stereocenters. The summed E-state index contributed by atoms with van der Waals surface area (Å²) in [6.07, 6.45) is 4.83. The zero-order chi connectivity index (χ0) is 28.3. The van der Waals surface area contributed by atoms with Crippen molar-refractivity contribution in [1.82, 2.24) is 4.90 Å². The van der Waals surface area contributed by atoms with Crippen LogP contribution in [0.4, 0.5) is 5.69 Å². The molecule has 0 unspecified atom stereocenters. The third-order valence-electron chi connectivity index (χ3n) is 7.55. The molecule has 0 spiro atoms. The van der Waals surface area contributed by atoms with E-state index >= 15 is 0 Å². The van der Waals surface area contributed by atoms with Gasteiger partial charge in [0.2, 0.25) is 0 Å². The Morgan fingerprint density at radius 2 is 1.82 bits per heavy atom. The van der Waals surface area contributed by atoms with Gasteiger partial charge in [-0.2, -0.15) is 5.26 Å². The highest BCUT2D eigenvalue weighted by molar-refractivity contribution is 6.18. The third-order valence-corrected chi connectivity index (χ3v) is 7.55. The van der Waals surface area contributed by atoms with Gasteiger partial charge in [0, 0.05) is 28.9 Å². The summed E-state index contributed by atoms with van der Waals surface area (Å²) in [5.74, 6) is -1.44. The lowest BCUT2D eigenvalue weighted by Crippen LogP contribution is -2.44. The summed E-state index contributed by atoms with van der Waals surface area (Å²) in [6.45, 7) is 11.8. The topological polar surface area (TPSA) is 111 Å². The first-order chi connectivity index (χ1) is 17.9. The van der Waals surface area contributed by atoms with Crippen LogP contribution in [0.15, 0.2) is 58.8 Å². The minimum atomic E-state index is -0.690. The fourth-order valence-electron chi connectivity index (χ4n) is 4.73. The lowest BCUT2D eigenvalue weighted by atomic mass is 9.83. The molecule has 38 heavy (non-hydrogen) atoms. The number of imide groups is 1. The SMILES string of the molecule is CCC(C)(C)C(=O)OCCCN1/C(=C\C=C2C(=O)N(CCO)C(=O)C(C#N)=C2C)C(C)(C)c2ccccc21. The molecule has 0 saturated carbocycles. The van der Waals surface area contributed by atoms with Gasteiger partial charge in [-0.3, -0.25) is 19.3 Å². The maximum atomic E-state index is 13.1. The molecule has 2 amide bonds. The molecular formula is C30H37N3O5. The van der Waals surface area contributed by atoms with E-state index in [1.54, 1.807) is 13.0 Å². The van der Waals surface area contributed by atoms with E-state index in [-0.39, 0.29) is 35.7 Å². The number of aliphatic hydroxyl groups excluding tert-OH is 1. The number of anilines is 1. The summed E-state index contributed by atoms with van der Waals surface area (Å²) in [5.41, 5.74) is 2.66. The van der Waals surface area contributed by atoms with Crippen LogP contribution in [-0.4, -0.2) is 54.1 Å². The molecule has 0 aromatic heterocycles. The number of carbonyl (C=O) groups excluding carboxylic acids is 3. The second-order valence-electron chi connectivity index (χ2n) is 10.8. The first-order valence-corrected chi connectivity index (χ1v) is 13.0. The monoisotopic (exact) mass is 519 g/mol. The number of carbonyl (C=O) groups is 3. The Hall–Kier alpha value is -3.70. The first-order valence-electron chi connectivity index (χ1n) is 13.0. The van der Waals surface area contributed by atoms with Crippen molar-refractivity contribution in [3.8, 4) is 6.07 Å². The molecule has 2 aliphatic heterocycles. The minimum absolute atomic E-state index is 0.106. The van der Waals surface area contributed by atoms with Crippen molar-refractivity contribution < 1.29 is 24.2 Å². The number of nitrogens with zero attached hydrogens (tertiary/aromatic N) is 3. The van der Waals surface area contributed by atoms with Crippen LogP contribution in [0.2, 0.25) is 0 Å². The number of nitriles is 1. The van der Waals surface area contributed by atoms with Gasteiger partial charge in [0.25, 0.3) is 11.8 Å². The van der Waals surface area contributed by atoms with Crippen LogP contribution in [-0.2, 0) is 24.5 Å². The van der Waals surface area contributed by atoms with Gasteiger partial charge in [-0.25, -0.2) is 0 Å². The van der Waals surface area contributed by atoms with Crippen LogP contribution >= 0.6 is 0 Å². The largest absolute Gasteiger partial charge is 0.465 e. The Balaban J connectivity index is 1.96. The number of benzene rings is 1. The third kappa shape index (κ3) is 5.30. The average Bonchev–Trinajstić information content (AvgIpc) is 3.10. The van der Waals surface area contributed by atoms with E-state index in [2.05, 4.69) is 24.8 Å². The first kappa shape index (κ1) is 28.9. The Morgan fingerprint density at radius 3 is 2.45 bits per heavy atom. The molecule has 0 fully saturated rings. The van der Waals surface area contributed by atoms with Crippen molar-refractivity contribution in [1.29, 1.82) is 5.26 Å². The van der Waals surface area contributed by atoms with Gasteiger partial charge in [0.1, 0.15) is 11.6 Å². The van der Waals surface area contributed by atoms with Gasteiger partial charge in [-0.1, -0.05) is 39.0 Å². The molecule has 202 valence electrons. The van der Waals surface area contributed by atoms with Crippen molar-refractivity contribution in [3.05, 3.63) is 64.4 Å². The summed E-state index contributed by atoms with van der Waals surface area (Å²) in [5, 5.41) is 18.9. The molecule has 2 aliphatic rings. The van der Waals surface area contributed by atoms with Crippen molar-refractivity contribution in [2.24, 2.45) is 5.41 Å². The Kier molecular flexibility index (Phi) is 8.63. The van der Waals surface area contributed by atoms with Crippen molar-refractivity contribution in [2.45, 2.75) is 59.8 Å². The molecule has 0 saturated heterocycles. The Labute approximate surface area is 224 Å². The summed E-state index contributed by atoms with van der Waals surface area (Å²) in [6, 6.07) is 9.99. The van der Waals surface area contributed by atoms with Gasteiger partial charge < -0.3 is 14.7 Å². The number of para-hydroxylation sites is 1. The molecule has 8 heteroatoms. The van der Waals surface area contributed by atoms with Crippen LogP contribution in [0.1, 0.15) is 59.9 Å². The highest BCUT2D eigenvalue weighted by atomic mass is 16.5. The summed E-state index contributed by atoms with van der Waals surface area (Å²) >= 11 is 0. The van der Waals surface area contributed by atoms with Crippen molar-refractivity contribution in [2.75, 3.05) is 31.2 Å². The zero-order valence-electron chi connectivity index (χ0n) is 23.1. The maximum absolute atomic E-state index is 13.1. The molecule has 1 aromatic carbocycles. The van der Waals surface area contributed by atoms with Crippen LogP contribution in [0.25, 0.3) is 0 Å². The van der Waals surface area contributed by atoms with E-state index in [4.69, 9.17) is 4.74 Å². The van der Waals surface area contributed by atoms with E-state index < -0.39 is 17.2 Å². The Morgan fingerprint density at radius 1 is 1.13 bits per heavy atom. The fourth-order valence-corrected chi connectivity index (χ4v) is 4.73. The van der Waals surface area contributed by atoms with Crippen LogP contribution in [0.3, 0.4) is 0 Å². The van der Waals surface area contributed by atoms with Crippen LogP contribution < -0.4 is 4.90 Å². The average molecular weight is 520 g/mol. The van der Waals surface area contributed by atoms with Gasteiger partial charge >= 0.3 is 5.97 Å². The number of ether oxygens (including phenoxy) is 1. The normalized spacial score (nSPS) is 19.3. The van der Waals surface area contributed by atoms with E-state index in [9.17, 15) is 24.8 Å². The zero-order valence-corrected chi connectivity index (χ0v) is 23.1. The second kappa shape index (κ2) is 11.4. The number of allylic oxidation sites excluding steroid dienone is 3. The van der Waals surface area contributed by atoms with Gasteiger partial charge in [-0.05, 0) is 63.0 Å². The molecule has 2 heterocycles. The van der Waals surface area contributed by atoms with E-state index in [1.165, 1.54) is 0 Å². The smallest absolute Gasteiger partial charge is 0.311 e. The summed E-state index contributed by atoms with van der Waals surface area (Å²) in [4.78, 5) is 41.2. The molecule has 1 N–H and O–H groups in total. The van der Waals surface area contributed by atoms with Crippen molar-refractivity contribution >= 4 is 23.5 Å². The number of hydrogen-bond donors (Lipinski definition) is 1. The van der Waals surface area contributed by atoms with Crippen LogP contribution in [0.5, 0.6) is 0 Å². The molecule has 0 radical (unpaired) electrons. The molecule has 8 nitrogen and oxygen atoms in total. The van der Waals surface area contributed by atoms with Crippen LogP contribution in [0, 0.1) is 16.7 Å². The number of β-amino-alcohol motifs (C(OH)–C–C–N with tert-alkyl or cyclic N) is 1. The van der Waals surface area contributed by atoms with Gasteiger partial charge in [-0.15, -0.1) is 0 Å². The standard InChI is InChI=1S/C30H37N3O5/c1-7-29(3,4)28(37)38-18-10-15-32-24-12-9-8-11-23(24)30(5,6)25(32)14-13-21-20(2)22(19-31)27(36)33(16-17-34)26(21)35/h8-9,11-14,34H,7,10,15-18H2,1-6H3/b21-13?,25-14-. The highest BCUT2D eigenvalue weighted by Crippen LogP contribution is 2.47. The lowest BCUT2D eigenvalue weighted by Gasteiger charge is -2.28. The fraction of sp³-hybridized carbons (Fsp3) is 0.467. The number of aliphatic hydroxyl groups is 1. The van der Waals surface area contributed by atoms with Gasteiger partial charge in [0.15, 0.2) is 0 Å². The predicted molar refractivity (Wildman–Crippen MR) is 145 cm³/mol. The number of fused-ring (bicyclic) bond motifs is 1. The highest BCUT2D eigenvalue weighted by Gasteiger charge is 2.40. The van der Waals surface area contributed by atoms with Gasteiger partial charge in [0.05, 0.1) is 25.2 Å². The lowest BCUT2D eigenvalue weighted by molar-refractivity contribution is -0.154. The summed E-state index contributed by atoms with van der Waals surface area (Å²) in [7, 11) is 0. The molecular weight excluding hydrogens is 482 g/mol. The predicted octanol–water partition coefficient (Wildman–Crippen LogP) is 4.17. The number of esters is 1. The van der Waals surface area contributed by atoms with E-state index in [0.717, 1.165) is 21.8 Å². The van der Waals surface area contributed by atoms with Crippen molar-refractivity contribution in [3.63, 3.8) is 0 Å². The molecule has 3 rings (SSSR count). The minimum Gasteiger partial charge on any atom is -0.465 e.